The van der Waals surface area contributed by atoms with Gasteiger partial charge in [0.25, 0.3) is 0 Å². The van der Waals surface area contributed by atoms with Gasteiger partial charge < -0.3 is 0 Å². The Morgan fingerprint density at radius 1 is 0.0882 bits per heavy atom. The van der Waals surface area contributed by atoms with Crippen molar-refractivity contribution in [3.63, 3.8) is 0 Å². The first-order valence-electron chi connectivity index (χ1n) is 45.9. The first kappa shape index (κ1) is 79.8. The molecule has 9 heteroatoms. The minimum atomic E-state index is 0.645. The minimum Gasteiger partial charge on any atom is -0.208 e. The van der Waals surface area contributed by atoms with Crippen LogP contribution in [0.5, 0.6) is 0 Å². The van der Waals surface area contributed by atoms with Crippen molar-refractivity contribution in [2.45, 2.75) is 0 Å². The van der Waals surface area contributed by atoms with Gasteiger partial charge in [-0.1, -0.05) is 449 Å². The highest BCUT2D eigenvalue weighted by molar-refractivity contribution is 6.21. The Labute approximate surface area is 783 Å². The van der Waals surface area contributed by atoms with Crippen LogP contribution in [0.4, 0.5) is 0 Å². The molecular weight excluding hydrogens is 1650 g/mol. The van der Waals surface area contributed by atoms with E-state index in [-0.39, 0.29) is 0 Å². The standard InChI is InChI=1S/C45H29N3.2C41H25N3/c1-3-9-30(10-4-1)32-15-19-35(20-16-32)43-46-44(36-21-17-33(18-22-36)31-11-5-2-6-12-31)48-45(47-43)38-25-26-40-37(29-38)24-28-41-39-14-8-7-13-34(39)23-27-42(40)41;1-2-11-27(12-3-1)39-42-40(44-41(43-39)38-25-28-13-5-7-15-32(28)34-16-8-9-17-35(34)38)30-20-21-33-29(24-30)19-23-36-31-14-6-4-10-26(31)18-22-37(33)36;1-2-10-28(11-3-1)39-42-40(31-18-20-35-29(24-31)15-14-26-8-4-6-12-33(26)35)44-41(43-39)32-19-21-36-30(25-32)17-23-37-34-13-7-5-9-27(34)16-22-38(36)37/h1-29H;2*1-25H. The lowest BCUT2D eigenvalue weighted by atomic mass is 9.96. The largest absolute Gasteiger partial charge is 0.208 e. The van der Waals surface area contributed by atoms with Gasteiger partial charge in [0.2, 0.25) is 0 Å². The van der Waals surface area contributed by atoms with E-state index in [9.17, 15) is 0 Å². The Kier molecular flexibility index (Phi) is 20.1. The molecule has 27 aromatic rings. The molecule has 3 heterocycles. The summed E-state index contributed by atoms with van der Waals surface area (Å²) >= 11 is 0. The Hall–Kier alpha value is -18.3. The minimum absolute atomic E-state index is 0.645. The van der Waals surface area contributed by atoms with Gasteiger partial charge in [0.15, 0.2) is 52.4 Å². The molecule has 3 aromatic heterocycles. The summed E-state index contributed by atoms with van der Waals surface area (Å²) in [4.78, 5) is 45.4. The molecule has 0 unspecified atom stereocenters. The molecule has 0 aliphatic rings. The summed E-state index contributed by atoms with van der Waals surface area (Å²) in [7, 11) is 0. The van der Waals surface area contributed by atoms with Crippen molar-refractivity contribution in [1.82, 2.24) is 44.9 Å². The van der Waals surface area contributed by atoms with Crippen LogP contribution in [-0.4, -0.2) is 44.9 Å². The summed E-state index contributed by atoms with van der Waals surface area (Å²) in [5.41, 5.74) is 13.3. The van der Waals surface area contributed by atoms with E-state index in [2.05, 4.69) is 419 Å². The van der Waals surface area contributed by atoms with Gasteiger partial charge in [-0.15, -0.1) is 0 Å². The smallest absolute Gasteiger partial charge is 0.164 e. The number of fused-ring (bicyclic) bond motifs is 21. The van der Waals surface area contributed by atoms with Gasteiger partial charge in [0.05, 0.1) is 0 Å². The zero-order chi connectivity index (χ0) is 89.9. The Balaban J connectivity index is 0.000000109. The van der Waals surface area contributed by atoms with Crippen LogP contribution in [0.15, 0.2) is 479 Å². The quantitative estimate of drug-likeness (QED) is 0.117. The molecule has 0 radical (unpaired) electrons. The van der Waals surface area contributed by atoms with Gasteiger partial charge in [-0.2, -0.15) is 0 Å². The third-order valence-electron chi connectivity index (χ3n) is 26.5. The first-order chi connectivity index (χ1) is 67.3. The average molecular weight is 1730 g/mol. The summed E-state index contributed by atoms with van der Waals surface area (Å²) in [6, 6.07) is 169. The molecule has 632 valence electrons. The van der Waals surface area contributed by atoms with Crippen molar-refractivity contribution in [2.75, 3.05) is 0 Å². The van der Waals surface area contributed by atoms with Crippen molar-refractivity contribution in [2.24, 2.45) is 0 Å². The maximum Gasteiger partial charge on any atom is 0.164 e. The number of nitrogens with zero attached hydrogens (tertiary/aromatic N) is 9. The lowest BCUT2D eigenvalue weighted by Crippen LogP contribution is -2.00. The molecule has 0 amide bonds. The second kappa shape index (κ2) is 34.2. The number of hydrogen-bond donors (Lipinski definition) is 0. The van der Waals surface area contributed by atoms with Crippen LogP contribution < -0.4 is 0 Å². The van der Waals surface area contributed by atoms with Crippen molar-refractivity contribution < 1.29 is 0 Å². The van der Waals surface area contributed by atoms with E-state index in [0.29, 0.717) is 52.4 Å². The van der Waals surface area contributed by atoms with Crippen LogP contribution in [0, 0.1) is 0 Å². The van der Waals surface area contributed by atoms with E-state index < -0.39 is 0 Å². The van der Waals surface area contributed by atoms with Gasteiger partial charge in [-0.05, 0) is 193 Å². The number of hydrogen-bond acceptors (Lipinski definition) is 9. The fourth-order valence-corrected chi connectivity index (χ4v) is 19.6. The molecule has 0 bridgehead atoms. The molecule has 0 atom stereocenters. The van der Waals surface area contributed by atoms with Crippen molar-refractivity contribution in [3.05, 3.63) is 479 Å². The van der Waals surface area contributed by atoms with E-state index in [1.807, 2.05) is 60.7 Å². The van der Waals surface area contributed by atoms with Crippen LogP contribution in [-0.2, 0) is 0 Å². The third kappa shape index (κ3) is 15.0. The van der Waals surface area contributed by atoms with Gasteiger partial charge in [-0.3, -0.25) is 0 Å². The molecule has 0 N–H and O–H groups in total. The Morgan fingerprint density at radius 2 is 0.250 bits per heavy atom. The lowest BCUT2D eigenvalue weighted by molar-refractivity contribution is 1.07. The second-order valence-electron chi connectivity index (χ2n) is 34.6. The Bertz CT molecular complexity index is 9310. The molecule has 27 rings (SSSR count). The average Bonchev–Trinajstić information content (AvgIpc) is 0.736. The van der Waals surface area contributed by atoms with Crippen LogP contribution in [0.2, 0.25) is 0 Å². The Morgan fingerprint density at radius 3 is 0.574 bits per heavy atom. The van der Waals surface area contributed by atoms with Gasteiger partial charge >= 0.3 is 0 Å². The van der Waals surface area contributed by atoms with Gasteiger partial charge in [0.1, 0.15) is 0 Å². The van der Waals surface area contributed by atoms with E-state index in [1.54, 1.807) is 0 Å². The van der Waals surface area contributed by atoms with Gasteiger partial charge in [-0.25, -0.2) is 44.9 Å². The van der Waals surface area contributed by atoms with E-state index in [0.717, 1.165) is 93.5 Å². The molecule has 9 nitrogen and oxygen atoms in total. The summed E-state index contributed by atoms with van der Waals surface area (Å²) in [5.74, 6) is 5.91. The molecule has 0 aliphatic carbocycles. The lowest BCUT2D eigenvalue weighted by Gasteiger charge is -2.13. The van der Waals surface area contributed by atoms with Crippen LogP contribution >= 0.6 is 0 Å². The number of rotatable bonds is 11. The highest BCUT2D eigenvalue weighted by Crippen LogP contribution is 2.42. The second-order valence-corrected chi connectivity index (χ2v) is 34.6. The summed E-state index contributed by atoms with van der Waals surface area (Å²) in [6.45, 7) is 0. The van der Waals surface area contributed by atoms with Crippen molar-refractivity contribution >= 4 is 140 Å². The molecule has 0 saturated heterocycles. The summed E-state index contributed by atoms with van der Waals surface area (Å²) in [6.07, 6.45) is 0. The molecule has 136 heavy (non-hydrogen) atoms. The first-order valence-corrected chi connectivity index (χ1v) is 45.9. The highest BCUT2D eigenvalue weighted by atomic mass is 15.1. The SMILES string of the molecule is c1ccc(-c2ccc(-c3nc(-c4ccc(-c5ccccc5)cc4)nc(-c4ccc5c(ccc6c7ccccc7ccc56)c4)n3)cc2)cc1.c1ccc(-c2nc(-c3ccc4c(ccc5c6ccccc6ccc45)c3)nc(-c3cc4ccccc4c4ccccc34)n2)cc1.c1ccc(-c2nc(-c3ccc4c(ccc5ccccc54)c3)nc(-c3ccc4c(ccc5c6ccccc6ccc45)c3)n2)cc1. The zero-order valence-corrected chi connectivity index (χ0v) is 73.6. The normalized spacial score (nSPS) is 11.5. The van der Waals surface area contributed by atoms with Crippen molar-refractivity contribution in [3.8, 4) is 125 Å². The summed E-state index contributed by atoms with van der Waals surface area (Å²) < 4.78 is 0. The predicted molar refractivity (Wildman–Crippen MR) is 567 cm³/mol. The molecule has 0 fully saturated rings. The third-order valence-corrected chi connectivity index (χ3v) is 26.5. The number of benzene rings is 24. The topological polar surface area (TPSA) is 116 Å². The monoisotopic (exact) mass is 1730 g/mol. The van der Waals surface area contributed by atoms with Crippen LogP contribution in [0.3, 0.4) is 0 Å². The number of aromatic nitrogens is 9. The molecule has 0 aliphatic heterocycles. The van der Waals surface area contributed by atoms with Crippen molar-refractivity contribution in [1.29, 1.82) is 0 Å². The van der Waals surface area contributed by atoms with Gasteiger partial charge in [0, 0.05) is 50.1 Å². The van der Waals surface area contributed by atoms with Crippen LogP contribution in [0.25, 0.3) is 265 Å². The maximum absolute atomic E-state index is 5.14. The van der Waals surface area contributed by atoms with Crippen LogP contribution in [0.1, 0.15) is 0 Å². The molecule has 0 saturated carbocycles. The fraction of sp³-hybridized carbons (Fsp3) is 0. The highest BCUT2D eigenvalue weighted by Gasteiger charge is 2.22. The fourth-order valence-electron chi connectivity index (χ4n) is 19.6. The van der Waals surface area contributed by atoms with E-state index in [1.165, 1.54) is 119 Å². The zero-order valence-electron chi connectivity index (χ0n) is 73.6. The van der Waals surface area contributed by atoms with E-state index >= 15 is 0 Å². The summed E-state index contributed by atoms with van der Waals surface area (Å²) in [5, 5.41) is 31.8. The van der Waals surface area contributed by atoms with E-state index in [4.69, 9.17) is 44.9 Å². The molecular formula is C127H79N9. The maximum atomic E-state index is 5.14. The molecule has 24 aromatic carbocycles. The predicted octanol–water partition coefficient (Wildman–Crippen LogP) is 32.9. The molecule has 0 spiro atoms.